The summed E-state index contributed by atoms with van der Waals surface area (Å²) < 4.78 is 0. The van der Waals surface area contributed by atoms with Crippen molar-refractivity contribution in [3.63, 3.8) is 0 Å². The van der Waals surface area contributed by atoms with Gasteiger partial charge >= 0.3 is 0 Å². The van der Waals surface area contributed by atoms with E-state index in [0.29, 0.717) is 17.2 Å². The zero-order valence-electron chi connectivity index (χ0n) is 8.20. The highest BCUT2D eigenvalue weighted by Gasteiger charge is 2.07. The summed E-state index contributed by atoms with van der Waals surface area (Å²) in [5, 5.41) is 11.7. The molecule has 14 heavy (non-hydrogen) atoms. The van der Waals surface area contributed by atoms with Crippen molar-refractivity contribution in [3.05, 3.63) is 11.8 Å². The molecule has 0 aliphatic carbocycles. The van der Waals surface area contributed by atoms with Crippen LogP contribution in [0.2, 0.25) is 0 Å². The third-order valence-electron chi connectivity index (χ3n) is 1.61. The SMILES string of the molecule is CC(C)Nc1nc(C#N)c(N)cc1N. The first kappa shape index (κ1) is 10.1. The summed E-state index contributed by atoms with van der Waals surface area (Å²) in [5.41, 5.74) is 12.2. The predicted molar refractivity (Wildman–Crippen MR) is 56.5 cm³/mol. The third kappa shape index (κ3) is 2.04. The molecule has 0 unspecified atom stereocenters. The molecule has 5 heteroatoms. The Labute approximate surface area is 82.7 Å². The molecule has 5 N–H and O–H groups in total. The number of nitrogen functional groups attached to an aromatic ring is 2. The van der Waals surface area contributed by atoms with Crippen LogP contribution in [0.4, 0.5) is 17.2 Å². The van der Waals surface area contributed by atoms with Gasteiger partial charge in [-0.05, 0) is 19.9 Å². The van der Waals surface area contributed by atoms with Crippen molar-refractivity contribution < 1.29 is 0 Å². The van der Waals surface area contributed by atoms with Crippen molar-refractivity contribution in [2.75, 3.05) is 16.8 Å². The zero-order chi connectivity index (χ0) is 10.7. The van der Waals surface area contributed by atoms with E-state index in [4.69, 9.17) is 16.7 Å². The molecule has 5 nitrogen and oxygen atoms in total. The number of hydrogen-bond donors (Lipinski definition) is 3. The number of nitrogens with two attached hydrogens (primary N) is 2. The van der Waals surface area contributed by atoms with Crippen LogP contribution in [-0.2, 0) is 0 Å². The second kappa shape index (κ2) is 3.83. The Balaban J connectivity index is 3.12. The number of aromatic nitrogens is 1. The lowest BCUT2D eigenvalue weighted by Crippen LogP contribution is -2.14. The Morgan fingerprint density at radius 3 is 2.57 bits per heavy atom. The normalized spacial score (nSPS) is 9.86. The molecule has 0 aliphatic rings. The maximum absolute atomic E-state index is 8.71. The van der Waals surface area contributed by atoms with Crippen LogP contribution < -0.4 is 16.8 Å². The van der Waals surface area contributed by atoms with E-state index in [0.717, 1.165) is 0 Å². The molecule has 1 rings (SSSR count). The van der Waals surface area contributed by atoms with Gasteiger partial charge in [-0.1, -0.05) is 0 Å². The number of nitrogens with zero attached hydrogens (tertiary/aromatic N) is 2. The molecule has 0 saturated heterocycles. The van der Waals surface area contributed by atoms with E-state index in [1.165, 1.54) is 6.07 Å². The lowest BCUT2D eigenvalue weighted by molar-refractivity contribution is 0.889. The minimum Gasteiger partial charge on any atom is -0.396 e. The minimum atomic E-state index is 0.197. The fourth-order valence-electron chi connectivity index (χ4n) is 1.02. The maximum atomic E-state index is 8.71. The molecule has 0 atom stereocenters. The zero-order valence-corrected chi connectivity index (χ0v) is 8.20. The highest BCUT2D eigenvalue weighted by molar-refractivity contribution is 5.69. The highest BCUT2D eigenvalue weighted by Crippen LogP contribution is 2.21. The van der Waals surface area contributed by atoms with Crippen LogP contribution in [0.25, 0.3) is 0 Å². The fraction of sp³-hybridized carbons (Fsp3) is 0.333. The third-order valence-corrected chi connectivity index (χ3v) is 1.61. The van der Waals surface area contributed by atoms with Crippen molar-refractivity contribution in [1.82, 2.24) is 4.98 Å². The predicted octanol–water partition coefficient (Wildman–Crippen LogP) is 0.938. The maximum Gasteiger partial charge on any atom is 0.165 e. The summed E-state index contributed by atoms with van der Waals surface area (Å²) in [6.45, 7) is 3.92. The van der Waals surface area contributed by atoms with Crippen LogP contribution in [0.3, 0.4) is 0 Å². The van der Waals surface area contributed by atoms with Gasteiger partial charge < -0.3 is 16.8 Å². The molecule has 1 aromatic rings. The van der Waals surface area contributed by atoms with Crippen LogP contribution >= 0.6 is 0 Å². The molecule has 0 fully saturated rings. The van der Waals surface area contributed by atoms with Gasteiger partial charge in [0, 0.05) is 6.04 Å². The van der Waals surface area contributed by atoms with Crippen molar-refractivity contribution in [2.45, 2.75) is 19.9 Å². The van der Waals surface area contributed by atoms with Crippen molar-refractivity contribution in [1.29, 1.82) is 5.26 Å². The number of nitrogens with one attached hydrogen (secondary N) is 1. The molecule has 0 spiro atoms. The summed E-state index contributed by atoms with van der Waals surface area (Å²) >= 11 is 0. The summed E-state index contributed by atoms with van der Waals surface area (Å²) in [6.07, 6.45) is 0. The standard InChI is InChI=1S/C9H13N5/c1-5(2)13-9-7(12)3-6(11)8(4-10)14-9/h3,5H,11-12H2,1-2H3,(H,13,14). The lowest BCUT2D eigenvalue weighted by Gasteiger charge is -2.12. The van der Waals surface area contributed by atoms with E-state index in [2.05, 4.69) is 10.3 Å². The molecule has 0 aromatic carbocycles. The van der Waals surface area contributed by atoms with E-state index in [1.54, 1.807) is 0 Å². The molecular weight excluding hydrogens is 178 g/mol. The second-order valence-electron chi connectivity index (χ2n) is 3.27. The van der Waals surface area contributed by atoms with Gasteiger partial charge in [-0.3, -0.25) is 0 Å². The van der Waals surface area contributed by atoms with Crippen LogP contribution in [0, 0.1) is 11.3 Å². The van der Waals surface area contributed by atoms with Gasteiger partial charge in [-0.25, -0.2) is 4.98 Å². The van der Waals surface area contributed by atoms with E-state index >= 15 is 0 Å². The summed E-state index contributed by atoms with van der Waals surface area (Å²) in [4.78, 5) is 4.01. The van der Waals surface area contributed by atoms with Crippen LogP contribution in [0.15, 0.2) is 6.07 Å². The van der Waals surface area contributed by atoms with E-state index in [-0.39, 0.29) is 11.7 Å². The average Bonchev–Trinajstić information content (AvgIpc) is 2.09. The molecular formula is C9H13N5. The first-order chi connectivity index (χ1) is 6.54. The number of rotatable bonds is 2. The molecule has 74 valence electrons. The molecule has 0 amide bonds. The number of anilines is 3. The van der Waals surface area contributed by atoms with Gasteiger partial charge in [0.1, 0.15) is 6.07 Å². The van der Waals surface area contributed by atoms with Crippen molar-refractivity contribution >= 4 is 17.2 Å². The van der Waals surface area contributed by atoms with Crippen molar-refractivity contribution in [2.24, 2.45) is 0 Å². The summed E-state index contributed by atoms with van der Waals surface area (Å²) in [6, 6.07) is 3.65. The lowest BCUT2D eigenvalue weighted by atomic mass is 10.2. The van der Waals surface area contributed by atoms with Crippen LogP contribution in [0.5, 0.6) is 0 Å². The molecule has 0 radical (unpaired) electrons. The van der Waals surface area contributed by atoms with Gasteiger partial charge in [0.25, 0.3) is 0 Å². The Morgan fingerprint density at radius 1 is 1.43 bits per heavy atom. The average molecular weight is 191 g/mol. The van der Waals surface area contributed by atoms with Gasteiger partial charge in [0.05, 0.1) is 11.4 Å². The van der Waals surface area contributed by atoms with Gasteiger partial charge in [0.2, 0.25) is 0 Å². The van der Waals surface area contributed by atoms with E-state index in [9.17, 15) is 0 Å². The van der Waals surface area contributed by atoms with E-state index < -0.39 is 0 Å². The summed E-state index contributed by atoms with van der Waals surface area (Å²) in [7, 11) is 0. The first-order valence-electron chi connectivity index (χ1n) is 4.27. The molecule has 0 saturated carbocycles. The minimum absolute atomic E-state index is 0.197. The van der Waals surface area contributed by atoms with E-state index in [1.807, 2.05) is 19.9 Å². The second-order valence-corrected chi connectivity index (χ2v) is 3.27. The summed E-state index contributed by atoms with van der Waals surface area (Å²) in [5.74, 6) is 0.505. The molecule has 1 heterocycles. The van der Waals surface area contributed by atoms with Gasteiger partial charge in [-0.15, -0.1) is 0 Å². The van der Waals surface area contributed by atoms with Gasteiger partial charge in [-0.2, -0.15) is 5.26 Å². The quantitative estimate of drug-likeness (QED) is 0.645. The number of pyridine rings is 1. The fourth-order valence-corrected chi connectivity index (χ4v) is 1.02. The first-order valence-corrected chi connectivity index (χ1v) is 4.27. The topological polar surface area (TPSA) is 101 Å². The van der Waals surface area contributed by atoms with Crippen molar-refractivity contribution in [3.8, 4) is 6.07 Å². The van der Waals surface area contributed by atoms with Crippen LogP contribution in [0.1, 0.15) is 19.5 Å². The Bertz CT molecular complexity index is 378. The Kier molecular flexibility index (Phi) is 2.77. The molecule has 1 aromatic heterocycles. The van der Waals surface area contributed by atoms with Gasteiger partial charge in [0.15, 0.2) is 11.5 Å². The number of hydrogen-bond acceptors (Lipinski definition) is 5. The molecule has 0 bridgehead atoms. The largest absolute Gasteiger partial charge is 0.396 e. The Hall–Kier alpha value is -1.96. The number of nitriles is 1. The highest BCUT2D eigenvalue weighted by atomic mass is 15.0. The smallest absolute Gasteiger partial charge is 0.165 e. The van der Waals surface area contributed by atoms with Crippen LogP contribution in [-0.4, -0.2) is 11.0 Å². The monoisotopic (exact) mass is 191 g/mol. The Morgan fingerprint density at radius 2 is 2.07 bits per heavy atom. The molecule has 0 aliphatic heterocycles.